The molecule has 0 aliphatic heterocycles. The highest BCUT2D eigenvalue weighted by Crippen LogP contribution is 2.57. The van der Waals surface area contributed by atoms with E-state index in [1.807, 2.05) is 0 Å². The Bertz CT molecular complexity index is 1140. The molecule has 2 unspecified atom stereocenters. The van der Waals surface area contributed by atoms with Gasteiger partial charge in [-0.15, -0.1) is 0 Å². The Morgan fingerprint density at radius 1 is 1.23 bits per heavy atom. The van der Waals surface area contributed by atoms with Crippen LogP contribution in [0.4, 0.5) is 21.6 Å². The number of anilines is 2. The molecule has 2 fully saturated rings. The summed E-state index contributed by atoms with van der Waals surface area (Å²) < 4.78 is 19.4. The monoisotopic (exact) mass is 408 g/mol. The standard InChI is InChI=1S/C22H21FN4O3/c1-12-7-13(5-6-18(12)23)26-22-16-8-20(27(28)29)21(9-19(16)24-11-25-22)30-10-17-14-3-2-4-15(14)17/h5-9,11,14-15,17H,2-4,10H2,1H3,(H,24,25,26). The first-order chi connectivity index (χ1) is 14.5. The largest absolute Gasteiger partial charge is 0.486 e. The van der Waals surface area contributed by atoms with E-state index in [-0.39, 0.29) is 17.3 Å². The molecule has 154 valence electrons. The molecule has 0 amide bonds. The quantitative estimate of drug-likeness (QED) is 0.448. The van der Waals surface area contributed by atoms with Crippen LogP contribution in [0.5, 0.6) is 5.75 Å². The minimum absolute atomic E-state index is 0.110. The average molecular weight is 408 g/mol. The van der Waals surface area contributed by atoms with E-state index in [1.54, 1.807) is 25.1 Å². The maximum atomic E-state index is 13.5. The zero-order valence-corrected chi connectivity index (χ0v) is 16.5. The summed E-state index contributed by atoms with van der Waals surface area (Å²) in [4.78, 5) is 19.7. The van der Waals surface area contributed by atoms with Crippen LogP contribution < -0.4 is 10.1 Å². The van der Waals surface area contributed by atoms with Gasteiger partial charge >= 0.3 is 5.69 Å². The van der Waals surface area contributed by atoms with Gasteiger partial charge in [0.1, 0.15) is 18.0 Å². The topological polar surface area (TPSA) is 90.2 Å². The lowest BCUT2D eigenvalue weighted by Gasteiger charge is -2.12. The number of fused-ring (bicyclic) bond motifs is 2. The van der Waals surface area contributed by atoms with Gasteiger partial charge in [0.15, 0.2) is 5.75 Å². The molecule has 5 rings (SSSR count). The molecular weight excluding hydrogens is 387 g/mol. The van der Waals surface area contributed by atoms with E-state index >= 15 is 0 Å². The summed E-state index contributed by atoms with van der Waals surface area (Å²) in [5.41, 5.74) is 1.56. The number of nitrogens with one attached hydrogen (secondary N) is 1. The molecule has 2 aliphatic carbocycles. The van der Waals surface area contributed by atoms with Crippen LogP contribution in [0.25, 0.3) is 10.9 Å². The van der Waals surface area contributed by atoms with Gasteiger partial charge in [-0.25, -0.2) is 14.4 Å². The number of nitro groups is 1. The molecule has 2 saturated carbocycles. The molecule has 1 N–H and O–H groups in total. The summed E-state index contributed by atoms with van der Waals surface area (Å²) >= 11 is 0. The van der Waals surface area contributed by atoms with Gasteiger partial charge in [0.25, 0.3) is 0 Å². The third kappa shape index (κ3) is 3.32. The number of benzene rings is 2. The van der Waals surface area contributed by atoms with Crippen LogP contribution in [-0.2, 0) is 0 Å². The van der Waals surface area contributed by atoms with E-state index in [0.29, 0.717) is 40.5 Å². The number of hydrogen-bond acceptors (Lipinski definition) is 6. The van der Waals surface area contributed by atoms with Gasteiger partial charge in [0.05, 0.1) is 22.4 Å². The van der Waals surface area contributed by atoms with E-state index < -0.39 is 4.92 Å². The third-order valence-electron chi connectivity index (χ3n) is 6.35. The van der Waals surface area contributed by atoms with Crippen molar-refractivity contribution in [3.05, 3.63) is 58.2 Å². The van der Waals surface area contributed by atoms with Crippen LogP contribution in [-0.4, -0.2) is 21.5 Å². The molecule has 3 aromatic rings. The Morgan fingerprint density at radius 3 is 2.77 bits per heavy atom. The summed E-state index contributed by atoms with van der Waals surface area (Å²) in [5, 5.41) is 15.3. The van der Waals surface area contributed by atoms with Crippen molar-refractivity contribution in [2.75, 3.05) is 11.9 Å². The lowest BCUT2D eigenvalue weighted by atomic mass is 10.1. The summed E-state index contributed by atoms with van der Waals surface area (Å²) in [6.45, 7) is 2.17. The van der Waals surface area contributed by atoms with Crippen LogP contribution in [0.15, 0.2) is 36.7 Å². The number of hydrogen-bond donors (Lipinski definition) is 1. The fourth-order valence-electron chi connectivity index (χ4n) is 4.69. The lowest BCUT2D eigenvalue weighted by molar-refractivity contribution is -0.385. The molecule has 0 bridgehead atoms. The first-order valence-corrected chi connectivity index (χ1v) is 10.1. The molecule has 0 radical (unpaired) electrons. The SMILES string of the molecule is Cc1cc(Nc2ncnc3cc(OCC4C5CCCC54)c([N+](=O)[O-])cc23)ccc1F. The highest BCUT2D eigenvalue weighted by atomic mass is 19.1. The van der Waals surface area contributed by atoms with Crippen molar-refractivity contribution in [2.45, 2.75) is 26.2 Å². The Kier molecular flexibility index (Phi) is 4.49. The van der Waals surface area contributed by atoms with Crippen molar-refractivity contribution in [3.8, 4) is 5.75 Å². The summed E-state index contributed by atoms with van der Waals surface area (Å²) in [6.07, 6.45) is 5.15. The zero-order valence-electron chi connectivity index (χ0n) is 16.5. The van der Waals surface area contributed by atoms with Gasteiger partial charge in [-0.2, -0.15) is 0 Å². The van der Waals surface area contributed by atoms with E-state index in [1.165, 1.54) is 37.7 Å². The predicted octanol–water partition coefficient (Wildman–Crippen LogP) is 5.15. The fourth-order valence-corrected chi connectivity index (χ4v) is 4.69. The maximum Gasteiger partial charge on any atom is 0.311 e. The average Bonchev–Trinajstić information content (AvgIpc) is 3.14. The Hall–Kier alpha value is -3.29. The lowest BCUT2D eigenvalue weighted by Crippen LogP contribution is -2.06. The van der Waals surface area contributed by atoms with Crippen molar-refractivity contribution in [3.63, 3.8) is 0 Å². The fraction of sp³-hybridized carbons (Fsp3) is 0.364. The number of aryl methyl sites for hydroxylation is 1. The highest BCUT2D eigenvalue weighted by molar-refractivity contribution is 5.93. The molecule has 2 aromatic carbocycles. The number of ether oxygens (including phenoxy) is 1. The van der Waals surface area contributed by atoms with Crippen LogP contribution in [0.2, 0.25) is 0 Å². The van der Waals surface area contributed by atoms with Crippen LogP contribution in [0, 0.1) is 40.6 Å². The number of nitrogens with zero attached hydrogens (tertiary/aromatic N) is 3. The number of nitro benzene ring substituents is 1. The van der Waals surface area contributed by atoms with Gasteiger partial charge in [-0.1, -0.05) is 6.42 Å². The molecule has 0 spiro atoms. The summed E-state index contributed by atoms with van der Waals surface area (Å²) in [6, 6.07) is 7.66. The van der Waals surface area contributed by atoms with Crippen molar-refractivity contribution in [1.82, 2.24) is 9.97 Å². The van der Waals surface area contributed by atoms with Gasteiger partial charge < -0.3 is 10.1 Å². The van der Waals surface area contributed by atoms with E-state index in [4.69, 9.17) is 4.74 Å². The van der Waals surface area contributed by atoms with Crippen molar-refractivity contribution < 1.29 is 14.1 Å². The third-order valence-corrected chi connectivity index (χ3v) is 6.35. The molecule has 1 aromatic heterocycles. The first kappa shape index (κ1) is 18.7. The predicted molar refractivity (Wildman–Crippen MR) is 110 cm³/mol. The molecular formula is C22H21FN4O3. The van der Waals surface area contributed by atoms with Crippen LogP contribution >= 0.6 is 0 Å². The second kappa shape index (κ2) is 7.19. The smallest absolute Gasteiger partial charge is 0.311 e. The second-order valence-electron chi connectivity index (χ2n) is 8.14. The van der Waals surface area contributed by atoms with E-state index in [2.05, 4.69) is 15.3 Å². The van der Waals surface area contributed by atoms with Crippen molar-refractivity contribution in [1.29, 1.82) is 0 Å². The highest BCUT2D eigenvalue weighted by Gasteiger charge is 2.52. The van der Waals surface area contributed by atoms with Crippen molar-refractivity contribution in [2.24, 2.45) is 17.8 Å². The van der Waals surface area contributed by atoms with Crippen LogP contribution in [0.3, 0.4) is 0 Å². The van der Waals surface area contributed by atoms with Gasteiger partial charge in [0, 0.05) is 17.8 Å². The van der Waals surface area contributed by atoms with E-state index in [9.17, 15) is 14.5 Å². The molecule has 1 heterocycles. The molecule has 7 nitrogen and oxygen atoms in total. The Morgan fingerprint density at radius 2 is 2.03 bits per heavy atom. The normalized spacial score (nSPS) is 22.0. The van der Waals surface area contributed by atoms with E-state index in [0.717, 1.165) is 11.8 Å². The summed E-state index contributed by atoms with van der Waals surface area (Å²) in [5.74, 6) is 2.31. The zero-order chi connectivity index (χ0) is 20.8. The molecule has 8 heteroatoms. The number of rotatable bonds is 6. The number of halogens is 1. The molecule has 2 atom stereocenters. The van der Waals surface area contributed by atoms with Gasteiger partial charge in [-0.3, -0.25) is 10.1 Å². The van der Waals surface area contributed by atoms with Crippen molar-refractivity contribution >= 4 is 28.1 Å². The number of aromatic nitrogens is 2. The minimum Gasteiger partial charge on any atom is -0.486 e. The molecule has 30 heavy (non-hydrogen) atoms. The van der Waals surface area contributed by atoms with Gasteiger partial charge in [-0.05, 0) is 61.3 Å². The minimum atomic E-state index is -0.443. The maximum absolute atomic E-state index is 13.5. The first-order valence-electron chi connectivity index (χ1n) is 10.1. The molecule has 0 saturated heterocycles. The molecule has 2 aliphatic rings. The second-order valence-corrected chi connectivity index (χ2v) is 8.14. The van der Waals surface area contributed by atoms with Crippen LogP contribution in [0.1, 0.15) is 24.8 Å². The summed E-state index contributed by atoms with van der Waals surface area (Å²) in [7, 11) is 0. The van der Waals surface area contributed by atoms with Gasteiger partial charge in [0.2, 0.25) is 0 Å². The Labute approximate surface area is 172 Å². The Balaban J connectivity index is 1.45.